The molecular weight excluding hydrogens is 354 g/mol. The van der Waals surface area contributed by atoms with Crippen LogP contribution in [0.3, 0.4) is 0 Å². The highest BCUT2D eigenvalue weighted by atomic mass is 16.3. The topological polar surface area (TPSA) is 78.3 Å². The Morgan fingerprint density at radius 1 is 1.14 bits per heavy atom. The van der Waals surface area contributed by atoms with Crippen molar-refractivity contribution in [1.29, 1.82) is 0 Å². The average molecular weight is 379 g/mol. The van der Waals surface area contributed by atoms with Gasteiger partial charge in [0.25, 0.3) is 11.7 Å². The first-order valence-electron chi connectivity index (χ1n) is 9.82. The number of piperidine rings is 1. The van der Waals surface area contributed by atoms with Crippen LogP contribution in [0.2, 0.25) is 0 Å². The molecule has 6 heteroatoms. The highest BCUT2D eigenvalue weighted by molar-refractivity contribution is 6.45. The maximum absolute atomic E-state index is 12.8. The molecule has 6 nitrogen and oxygen atoms in total. The number of aromatic nitrogens is 1. The van der Waals surface area contributed by atoms with E-state index in [-0.39, 0.29) is 6.04 Å². The molecule has 3 aromatic rings. The van der Waals surface area contributed by atoms with E-state index in [0.29, 0.717) is 17.8 Å². The Labute approximate surface area is 163 Å². The molecular formula is C22H25N3O3. The summed E-state index contributed by atoms with van der Waals surface area (Å²) in [6, 6.07) is 11.3. The molecule has 1 aromatic carbocycles. The van der Waals surface area contributed by atoms with Crippen LogP contribution >= 0.6 is 0 Å². The average Bonchev–Trinajstić information content (AvgIpc) is 3.35. The number of carbonyl (C=O) groups excluding carboxylic acids is 2. The fourth-order valence-electron chi connectivity index (χ4n) is 4.07. The van der Waals surface area contributed by atoms with Gasteiger partial charge < -0.3 is 14.7 Å². The summed E-state index contributed by atoms with van der Waals surface area (Å²) in [5.74, 6) is -0.272. The number of likely N-dealkylation sites (tertiary alicyclic amines) is 1. The molecule has 0 saturated carbocycles. The monoisotopic (exact) mass is 379 g/mol. The molecule has 1 fully saturated rings. The largest absolute Gasteiger partial charge is 0.468 e. The minimum absolute atomic E-state index is 0.0592. The molecule has 0 radical (unpaired) electrons. The summed E-state index contributed by atoms with van der Waals surface area (Å²) in [4.78, 5) is 31.0. The Bertz CT molecular complexity index is 968. The number of H-pyrrole nitrogens is 1. The van der Waals surface area contributed by atoms with Crippen LogP contribution in [0.5, 0.6) is 0 Å². The van der Waals surface area contributed by atoms with Crippen LogP contribution in [0.15, 0.2) is 47.1 Å². The number of nitrogens with one attached hydrogen (secondary N) is 2. The lowest BCUT2D eigenvalue weighted by Crippen LogP contribution is -2.42. The van der Waals surface area contributed by atoms with E-state index in [4.69, 9.17) is 4.42 Å². The zero-order chi connectivity index (χ0) is 19.5. The number of aryl methyl sites for hydroxylation is 1. The van der Waals surface area contributed by atoms with Crippen LogP contribution in [0.25, 0.3) is 10.9 Å². The predicted molar refractivity (Wildman–Crippen MR) is 107 cm³/mol. The maximum Gasteiger partial charge on any atom is 0.292 e. The number of ketones is 1. The van der Waals surface area contributed by atoms with Crippen LogP contribution in [0.1, 0.15) is 47.1 Å². The number of amides is 1. The number of hydrogen-bond acceptors (Lipinski definition) is 4. The highest BCUT2D eigenvalue weighted by Gasteiger charge is 2.27. The second-order valence-corrected chi connectivity index (χ2v) is 7.34. The Hall–Kier alpha value is -2.86. The molecule has 28 heavy (non-hydrogen) atoms. The van der Waals surface area contributed by atoms with Gasteiger partial charge in [-0.3, -0.25) is 14.5 Å². The van der Waals surface area contributed by atoms with Gasteiger partial charge in [-0.1, -0.05) is 24.6 Å². The van der Waals surface area contributed by atoms with Crippen molar-refractivity contribution >= 4 is 22.6 Å². The van der Waals surface area contributed by atoms with Crippen LogP contribution < -0.4 is 5.32 Å². The molecule has 0 spiro atoms. The molecule has 1 aliphatic rings. The third-order valence-corrected chi connectivity index (χ3v) is 5.49. The molecule has 4 rings (SSSR count). The van der Waals surface area contributed by atoms with E-state index in [9.17, 15) is 9.59 Å². The smallest absolute Gasteiger partial charge is 0.292 e. The molecule has 0 aliphatic carbocycles. The number of carbonyl (C=O) groups is 2. The number of rotatable bonds is 6. The molecule has 0 bridgehead atoms. The number of fused-ring (bicyclic) bond motifs is 1. The van der Waals surface area contributed by atoms with Crippen molar-refractivity contribution in [3.63, 3.8) is 0 Å². The first kappa shape index (κ1) is 18.5. The summed E-state index contributed by atoms with van der Waals surface area (Å²) in [7, 11) is 0. The molecule has 3 heterocycles. The van der Waals surface area contributed by atoms with E-state index in [0.717, 1.165) is 42.6 Å². The predicted octanol–water partition coefficient (Wildman–Crippen LogP) is 3.60. The Morgan fingerprint density at radius 2 is 1.93 bits per heavy atom. The first-order chi connectivity index (χ1) is 13.6. The number of aromatic amines is 1. The quantitative estimate of drug-likeness (QED) is 0.507. The number of Topliss-reactive ketones (excluding diaryl/α,β-unsaturated/α-hetero) is 1. The maximum atomic E-state index is 12.8. The Morgan fingerprint density at radius 3 is 2.68 bits per heavy atom. The van der Waals surface area contributed by atoms with Gasteiger partial charge >= 0.3 is 0 Å². The van der Waals surface area contributed by atoms with Crippen LogP contribution in [-0.4, -0.2) is 41.2 Å². The summed E-state index contributed by atoms with van der Waals surface area (Å²) in [6.45, 7) is 4.10. The van der Waals surface area contributed by atoms with Crippen molar-refractivity contribution < 1.29 is 14.0 Å². The summed E-state index contributed by atoms with van der Waals surface area (Å²) >= 11 is 0. The lowest BCUT2D eigenvalue weighted by molar-refractivity contribution is -0.117. The number of nitrogens with zero attached hydrogens (tertiary/aromatic N) is 1. The van der Waals surface area contributed by atoms with Gasteiger partial charge in [-0.05, 0) is 51.1 Å². The van der Waals surface area contributed by atoms with Gasteiger partial charge in [0.2, 0.25) is 0 Å². The van der Waals surface area contributed by atoms with E-state index in [1.165, 1.54) is 6.42 Å². The summed E-state index contributed by atoms with van der Waals surface area (Å²) in [5.41, 5.74) is 2.01. The molecule has 1 unspecified atom stereocenters. The Kier molecular flexibility index (Phi) is 5.30. The molecule has 2 aromatic heterocycles. The van der Waals surface area contributed by atoms with Crippen LogP contribution in [0.4, 0.5) is 0 Å². The van der Waals surface area contributed by atoms with Gasteiger partial charge in [0.05, 0.1) is 17.9 Å². The molecule has 1 amide bonds. The molecule has 1 aliphatic heterocycles. The van der Waals surface area contributed by atoms with E-state index in [2.05, 4.69) is 15.2 Å². The van der Waals surface area contributed by atoms with Crippen molar-refractivity contribution in [2.24, 2.45) is 0 Å². The number of benzene rings is 1. The van der Waals surface area contributed by atoms with E-state index < -0.39 is 11.7 Å². The van der Waals surface area contributed by atoms with Gasteiger partial charge in [-0.2, -0.15) is 0 Å². The van der Waals surface area contributed by atoms with Crippen molar-refractivity contribution in [2.75, 3.05) is 19.6 Å². The van der Waals surface area contributed by atoms with Crippen molar-refractivity contribution in [3.05, 3.63) is 59.7 Å². The molecule has 1 saturated heterocycles. The van der Waals surface area contributed by atoms with Gasteiger partial charge in [0.15, 0.2) is 0 Å². The highest BCUT2D eigenvalue weighted by Crippen LogP contribution is 2.25. The molecule has 2 N–H and O–H groups in total. The summed E-state index contributed by atoms with van der Waals surface area (Å²) in [6.07, 6.45) is 5.15. The first-order valence-corrected chi connectivity index (χ1v) is 9.82. The number of para-hydroxylation sites is 1. The third kappa shape index (κ3) is 3.60. The van der Waals surface area contributed by atoms with Crippen molar-refractivity contribution in [3.8, 4) is 0 Å². The normalized spacial score (nSPS) is 16.2. The zero-order valence-electron chi connectivity index (χ0n) is 16.0. The fraction of sp³-hybridized carbons (Fsp3) is 0.364. The lowest BCUT2D eigenvalue weighted by Gasteiger charge is -2.33. The van der Waals surface area contributed by atoms with E-state index in [1.54, 1.807) is 6.26 Å². The minimum Gasteiger partial charge on any atom is -0.468 e. The lowest BCUT2D eigenvalue weighted by atomic mass is 10.0. The zero-order valence-corrected chi connectivity index (χ0v) is 16.0. The summed E-state index contributed by atoms with van der Waals surface area (Å²) in [5, 5.41) is 3.62. The second kappa shape index (κ2) is 8.02. The Balaban J connectivity index is 1.50. The van der Waals surface area contributed by atoms with E-state index in [1.807, 2.05) is 43.3 Å². The van der Waals surface area contributed by atoms with Crippen molar-refractivity contribution in [1.82, 2.24) is 15.2 Å². The van der Waals surface area contributed by atoms with Crippen LogP contribution in [0, 0.1) is 6.92 Å². The minimum atomic E-state index is -0.582. The number of hydrogen-bond donors (Lipinski definition) is 2. The summed E-state index contributed by atoms with van der Waals surface area (Å²) < 4.78 is 5.61. The molecule has 1 atom stereocenters. The standard InChI is InChI=1S/C22H25N3O3/c1-15-20(16-8-3-4-9-17(16)24-15)21(26)22(27)23-14-18(19-10-7-13-28-19)25-11-5-2-6-12-25/h3-4,7-10,13,18,24H,2,5-6,11-12,14H2,1H3,(H,23,27). The van der Waals surface area contributed by atoms with Gasteiger partial charge in [-0.25, -0.2) is 0 Å². The van der Waals surface area contributed by atoms with E-state index >= 15 is 0 Å². The van der Waals surface area contributed by atoms with Gasteiger partial charge in [0, 0.05) is 23.1 Å². The fourth-order valence-corrected chi connectivity index (χ4v) is 4.07. The second-order valence-electron chi connectivity index (χ2n) is 7.34. The van der Waals surface area contributed by atoms with Gasteiger partial charge in [-0.15, -0.1) is 0 Å². The third-order valence-electron chi connectivity index (χ3n) is 5.49. The number of furan rings is 1. The molecule has 146 valence electrons. The van der Waals surface area contributed by atoms with Crippen LogP contribution in [-0.2, 0) is 4.79 Å². The van der Waals surface area contributed by atoms with Gasteiger partial charge in [0.1, 0.15) is 5.76 Å². The van der Waals surface area contributed by atoms with Crippen molar-refractivity contribution in [2.45, 2.75) is 32.2 Å². The SMILES string of the molecule is Cc1[nH]c2ccccc2c1C(=O)C(=O)NCC(c1ccco1)N1CCCCC1.